The molecule has 0 fully saturated rings. The number of benzene rings is 3. The summed E-state index contributed by atoms with van der Waals surface area (Å²) in [5, 5.41) is 3.47. The first-order chi connectivity index (χ1) is 15.5. The van der Waals surface area contributed by atoms with Crippen LogP contribution in [0.1, 0.15) is 16.7 Å². The number of amides is 1. The van der Waals surface area contributed by atoms with Crippen LogP contribution in [-0.2, 0) is 17.8 Å². The molecule has 0 unspecified atom stereocenters. The van der Waals surface area contributed by atoms with E-state index in [4.69, 9.17) is 16.3 Å². The van der Waals surface area contributed by atoms with Crippen molar-refractivity contribution in [1.29, 1.82) is 0 Å². The first-order valence-corrected chi connectivity index (χ1v) is 10.6. The van der Waals surface area contributed by atoms with Gasteiger partial charge in [0.25, 0.3) is 5.56 Å². The van der Waals surface area contributed by atoms with Crippen LogP contribution >= 0.6 is 11.6 Å². The summed E-state index contributed by atoms with van der Waals surface area (Å²) >= 11 is 6.13. The topological polar surface area (TPSA) is 65.3 Å². The molecular weight excluding hydrogens is 426 g/mol. The Morgan fingerprint density at radius 3 is 2.56 bits per heavy atom. The van der Waals surface area contributed by atoms with Crippen LogP contribution in [0.3, 0.4) is 0 Å². The minimum absolute atomic E-state index is 0.0870. The fourth-order valence-electron chi connectivity index (χ4n) is 3.86. The van der Waals surface area contributed by atoms with Gasteiger partial charge in [-0.25, -0.2) is 9.36 Å². The number of nitrogens with zero attached hydrogens (tertiary/aromatic N) is 2. The maximum atomic E-state index is 13.4. The zero-order chi connectivity index (χ0) is 22.2. The molecule has 4 aromatic rings. The number of fused-ring (bicyclic) bond motifs is 2. The fraction of sp³-hybridized carbons (Fsp3) is 0.120. The molecule has 1 amide bonds. The van der Waals surface area contributed by atoms with Crippen molar-refractivity contribution in [2.24, 2.45) is 0 Å². The van der Waals surface area contributed by atoms with Gasteiger partial charge in [0, 0.05) is 22.7 Å². The van der Waals surface area contributed by atoms with Gasteiger partial charge in [0.05, 0.1) is 11.3 Å². The van der Waals surface area contributed by atoms with Crippen LogP contribution in [0.4, 0.5) is 5.69 Å². The Kier molecular flexibility index (Phi) is 5.07. The number of hydrogen-bond donors (Lipinski definition) is 1. The number of aryl methyl sites for hydroxylation is 1. The highest BCUT2D eigenvalue weighted by atomic mass is 35.5. The zero-order valence-electron chi connectivity index (χ0n) is 17.3. The Hall–Kier alpha value is -3.77. The predicted molar refractivity (Wildman–Crippen MR) is 124 cm³/mol. The lowest BCUT2D eigenvalue weighted by molar-refractivity contribution is -0.117. The van der Waals surface area contributed by atoms with E-state index in [9.17, 15) is 9.59 Å². The molecule has 1 N–H and O–H groups in total. The van der Waals surface area contributed by atoms with Gasteiger partial charge in [-0.05, 0) is 49.4 Å². The summed E-state index contributed by atoms with van der Waals surface area (Å²) < 4.78 is 9.20. The summed E-state index contributed by atoms with van der Waals surface area (Å²) in [7, 11) is 0. The van der Waals surface area contributed by atoms with E-state index in [0.29, 0.717) is 40.0 Å². The van der Waals surface area contributed by atoms with Gasteiger partial charge < -0.3 is 10.1 Å². The summed E-state index contributed by atoms with van der Waals surface area (Å²) in [5.41, 5.74) is 3.56. The molecule has 3 aromatic carbocycles. The lowest BCUT2D eigenvalue weighted by Crippen LogP contribution is -2.27. The standard InChI is InChI=1S/C25H20ClN3O3/c1-16-7-10-19(11-8-16)27-23(30)15-28-25-21(14-17-13-18(26)9-12-22(17)32-25)24(31)29(28)20-5-3-2-4-6-20/h2-13H,14-15H2,1H3,(H,27,30). The molecule has 32 heavy (non-hydrogen) atoms. The van der Waals surface area contributed by atoms with Crippen LogP contribution in [0.15, 0.2) is 77.6 Å². The molecule has 1 aliphatic heterocycles. The van der Waals surface area contributed by atoms with Crippen LogP contribution in [0, 0.1) is 6.92 Å². The van der Waals surface area contributed by atoms with Gasteiger partial charge in [-0.2, -0.15) is 0 Å². The van der Waals surface area contributed by atoms with Gasteiger partial charge in [0.1, 0.15) is 12.3 Å². The Labute approximate surface area is 189 Å². The number of para-hydroxylation sites is 1. The van der Waals surface area contributed by atoms with Crippen LogP contribution in [-0.4, -0.2) is 15.3 Å². The van der Waals surface area contributed by atoms with Crippen molar-refractivity contribution < 1.29 is 9.53 Å². The van der Waals surface area contributed by atoms with Crippen molar-refractivity contribution in [3.63, 3.8) is 0 Å². The Morgan fingerprint density at radius 1 is 1.06 bits per heavy atom. The molecule has 0 saturated carbocycles. The third-order valence-corrected chi connectivity index (χ3v) is 5.65. The van der Waals surface area contributed by atoms with Gasteiger partial charge in [-0.15, -0.1) is 0 Å². The number of halogens is 1. The van der Waals surface area contributed by atoms with Crippen molar-refractivity contribution in [2.45, 2.75) is 19.9 Å². The second kappa shape index (κ2) is 8.05. The first-order valence-electron chi connectivity index (χ1n) is 10.2. The van der Waals surface area contributed by atoms with Crippen LogP contribution in [0.2, 0.25) is 5.02 Å². The molecule has 0 atom stereocenters. The third kappa shape index (κ3) is 3.69. The molecule has 6 nitrogen and oxygen atoms in total. The zero-order valence-corrected chi connectivity index (χ0v) is 18.1. The van der Waals surface area contributed by atoms with Crippen LogP contribution in [0.5, 0.6) is 11.6 Å². The summed E-state index contributed by atoms with van der Waals surface area (Å²) in [6.45, 7) is 1.90. The second-order valence-corrected chi connectivity index (χ2v) is 8.18. The van der Waals surface area contributed by atoms with E-state index in [2.05, 4.69) is 5.32 Å². The van der Waals surface area contributed by atoms with Gasteiger partial charge in [-0.3, -0.25) is 9.59 Å². The number of hydrogen-bond acceptors (Lipinski definition) is 3. The minimum Gasteiger partial charge on any atom is -0.439 e. The maximum absolute atomic E-state index is 13.4. The minimum atomic E-state index is -0.262. The number of ether oxygens (including phenoxy) is 1. The van der Waals surface area contributed by atoms with Crippen molar-refractivity contribution >= 4 is 23.2 Å². The average molecular weight is 446 g/mol. The Morgan fingerprint density at radius 2 is 1.81 bits per heavy atom. The molecule has 160 valence electrons. The van der Waals surface area contributed by atoms with Gasteiger partial charge in [0.2, 0.25) is 11.8 Å². The highest BCUT2D eigenvalue weighted by molar-refractivity contribution is 6.30. The largest absolute Gasteiger partial charge is 0.439 e. The quantitative estimate of drug-likeness (QED) is 0.426. The molecule has 0 saturated heterocycles. The Balaban J connectivity index is 1.56. The molecule has 1 aliphatic rings. The molecule has 0 aliphatic carbocycles. The van der Waals surface area contributed by atoms with E-state index in [1.807, 2.05) is 61.5 Å². The molecule has 0 bridgehead atoms. The van der Waals surface area contributed by atoms with E-state index >= 15 is 0 Å². The summed E-state index contributed by atoms with van der Waals surface area (Å²) in [6, 6.07) is 22.1. The lowest BCUT2D eigenvalue weighted by atomic mass is 10.0. The SMILES string of the molecule is Cc1ccc(NC(=O)Cn2c3c(c(=O)n2-c2ccccc2)Cc2cc(Cl)ccc2O3)cc1. The monoisotopic (exact) mass is 445 g/mol. The van der Waals surface area contributed by atoms with E-state index in [1.165, 1.54) is 4.68 Å². The van der Waals surface area contributed by atoms with Crippen LogP contribution in [0.25, 0.3) is 5.69 Å². The highest BCUT2D eigenvalue weighted by Gasteiger charge is 2.29. The number of aromatic nitrogens is 2. The molecular formula is C25H20ClN3O3. The van der Waals surface area contributed by atoms with E-state index < -0.39 is 0 Å². The molecule has 5 rings (SSSR count). The van der Waals surface area contributed by atoms with Crippen molar-refractivity contribution in [1.82, 2.24) is 9.36 Å². The Bertz CT molecular complexity index is 1370. The first kappa shape index (κ1) is 20.2. The van der Waals surface area contributed by atoms with Gasteiger partial charge in [-0.1, -0.05) is 47.5 Å². The number of carbonyl (C=O) groups is 1. The fourth-order valence-corrected chi connectivity index (χ4v) is 4.06. The third-order valence-electron chi connectivity index (χ3n) is 5.41. The number of nitrogens with one attached hydrogen (secondary N) is 1. The molecule has 0 spiro atoms. The number of carbonyl (C=O) groups excluding carboxylic acids is 1. The van der Waals surface area contributed by atoms with Crippen molar-refractivity contribution in [2.75, 3.05) is 5.32 Å². The summed E-state index contributed by atoms with van der Waals surface area (Å²) in [5.74, 6) is 0.731. The van der Waals surface area contributed by atoms with Gasteiger partial charge in [0.15, 0.2) is 0 Å². The summed E-state index contributed by atoms with van der Waals surface area (Å²) in [6.07, 6.45) is 0.378. The second-order valence-electron chi connectivity index (χ2n) is 7.74. The summed E-state index contributed by atoms with van der Waals surface area (Å²) in [4.78, 5) is 26.3. The average Bonchev–Trinajstić information content (AvgIpc) is 3.05. The smallest absolute Gasteiger partial charge is 0.278 e. The molecule has 7 heteroatoms. The van der Waals surface area contributed by atoms with E-state index in [1.54, 1.807) is 22.9 Å². The van der Waals surface area contributed by atoms with E-state index in [0.717, 1.165) is 11.1 Å². The molecule has 2 heterocycles. The predicted octanol–water partition coefficient (Wildman–Crippen LogP) is 4.94. The van der Waals surface area contributed by atoms with Crippen molar-refractivity contribution in [3.8, 4) is 17.3 Å². The highest BCUT2D eigenvalue weighted by Crippen LogP contribution is 2.37. The number of rotatable bonds is 4. The molecule has 0 radical (unpaired) electrons. The lowest BCUT2D eigenvalue weighted by Gasteiger charge is -2.19. The van der Waals surface area contributed by atoms with Crippen LogP contribution < -0.4 is 15.6 Å². The van der Waals surface area contributed by atoms with Gasteiger partial charge >= 0.3 is 0 Å². The normalized spacial score (nSPS) is 11.9. The van der Waals surface area contributed by atoms with E-state index in [-0.39, 0.29) is 18.0 Å². The number of anilines is 1. The van der Waals surface area contributed by atoms with Crippen molar-refractivity contribution in [3.05, 3.63) is 105 Å². The molecule has 1 aromatic heterocycles. The maximum Gasteiger partial charge on any atom is 0.278 e.